The number of rotatable bonds is 5. The molecule has 0 bridgehead atoms. The highest BCUT2D eigenvalue weighted by molar-refractivity contribution is 6.05. The van der Waals surface area contributed by atoms with Gasteiger partial charge in [0.1, 0.15) is 6.04 Å². The summed E-state index contributed by atoms with van der Waals surface area (Å²) in [5.41, 5.74) is 6.84. The van der Waals surface area contributed by atoms with Gasteiger partial charge in [0.25, 0.3) is 5.91 Å². The van der Waals surface area contributed by atoms with E-state index in [4.69, 9.17) is 0 Å². The van der Waals surface area contributed by atoms with Gasteiger partial charge in [0.2, 0.25) is 11.8 Å². The second-order valence-corrected chi connectivity index (χ2v) is 8.80. The van der Waals surface area contributed by atoms with Gasteiger partial charge in [-0.05, 0) is 66.2 Å². The summed E-state index contributed by atoms with van der Waals surface area (Å²) in [6.45, 7) is 3.88. The molecular weight excluding hydrogens is 404 g/mol. The van der Waals surface area contributed by atoms with Crippen molar-refractivity contribution in [1.29, 1.82) is 0 Å². The zero-order chi connectivity index (χ0) is 22.1. The number of hydrogen-bond acceptors (Lipinski definition) is 5. The molecule has 0 aromatic heterocycles. The van der Waals surface area contributed by atoms with Crippen LogP contribution in [0.1, 0.15) is 51.0 Å². The highest BCUT2D eigenvalue weighted by Crippen LogP contribution is 2.30. The second kappa shape index (κ2) is 8.84. The lowest BCUT2D eigenvalue weighted by molar-refractivity contribution is -0.136. The fraction of sp³-hybridized carbons (Fsp3) is 0.400. The Labute approximate surface area is 187 Å². The molecule has 2 aromatic rings. The second-order valence-electron chi connectivity index (χ2n) is 8.80. The van der Waals surface area contributed by atoms with Gasteiger partial charge in [-0.1, -0.05) is 30.3 Å². The lowest BCUT2D eigenvalue weighted by Gasteiger charge is -2.29. The van der Waals surface area contributed by atoms with Crippen LogP contribution < -0.4 is 16.0 Å². The van der Waals surface area contributed by atoms with Crippen molar-refractivity contribution >= 4 is 17.7 Å². The Kier molecular flexibility index (Phi) is 5.76. The van der Waals surface area contributed by atoms with Crippen molar-refractivity contribution in [2.75, 3.05) is 13.1 Å². The average Bonchev–Trinajstić information content (AvgIpc) is 2.96. The third-order valence-corrected chi connectivity index (χ3v) is 6.74. The number of amides is 3. The number of hydrogen-bond donors (Lipinski definition) is 3. The number of benzene rings is 2. The number of carbonyl (C=O) groups excluding carboxylic acids is 3. The molecule has 2 aromatic carbocycles. The zero-order valence-corrected chi connectivity index (χ0v) is 18.1. The Balaban J connectivity index is 1.26. The van der Waals surface area contributed by atoms with Crippen molar-refractivity contribution in [2.45, 2.75) is 51.4 Å². The number of imide groups is 1. The molecule has 1 atom stereocenters. The molecule has 166 valence electrons. The molecule has 5 rings (SSSR count). The first kappa shape index (κ1) is 20.8. The Hall–Kier alpha value is -3.03. The summed E-state index contributed by atoms with van der Waals surface area (Å²) >= 11 is 0. The van der Waals surface area contributed by atoms with Gasteiger partial charge in [-0.15, -0.1) is 0 Å². The van der Waals surface area contributed by atoms with Crippen molar-refractivity contribution in [1.82, 2.24) is 20.9 Å². The van der Waals surface area contributed by atoms with Crippen molar-refractivity contribution < 1.29 is 14.4 Å². The lowest BCUT2D eigenvalue weighted by atomic mass is 10.00. The predicted octanol–water partition coefficient (Wildman–Crippen LogP) is 1.43. The number of piperidine rings is 1. The minimum Gasteiger partial charge on any atom is -0.322 e. The largest absolute Gasteiger partial charge is 0.322 e. The predicted molar refractivity (Wildman–Crippen MR) is 120 cm³/mol. The first-order valence-corrected chi connectivity index (χ1v) is 11.4. The first-order chi connectivity index (χ1) is 15.6. The summed E-state index contributed by atoms with van der Waals surface area (Å²) in [5, 5.41) is 9.33. The van der Waals surface area contributed by atoms with E-state index in [-0.39, 0.29) is 24.1 Å². The van der Waals surface area contributed by atoms with Crippen molar-refractivity contribution in [3.8, 4) is 0 Å². The summed E-state index contributed by atoms with van der Waals surface area (Å²) in [4.78, 5) is 38.3. The standard InChI is InChI=1S/C25H28N4O3/c30-23-7-6-22(24(31)28-23)29-15-21-19(2-1-3-20(21)25(29)32)14-27-13-16-4-5-17-8-10-26-11-9-18(17)12-16/h1-5,12,22,26-27H,6-11,13-15H2,(H,28,30,31). The Morgan fingerprint density at radius 1 is 0.969 bits per heavy atom. The van der Waals surface area contributed by atoms with Crippen LogP contribution in [0.4, 0.5) is 0 Å². The highest BCUT2D eigenvalue weighted by atomic mass is 16.2. The van der Waals surface area contributed by atoms with Gasteiger partial charge in [-0.2, -0.15) is 0 Å². The van der Waals surface area contributed by atoms with Crippen LogP contribution in [0.2, 0.25) is 0 Å². The van der Waals surface area contributed by atoms with E-state index in [9.17, 15) is 14.4 Å². The smallest absolute Gasteiger partial charge is 0.255 e. The van der Waals surface area contributed by atoms with Gasteiger partial charge in [0.05, 0.1) is 0 Å². The molecule has 7 heteroatoms. The fourth-order valence-corrected chi connectivity index (χ4v) is 4.99. The van der Waals surface area contributed by atoms with Gasteiger partial charge >= 0.3 is 0 Å². The molecule has 3 N–H and O–H groups in total. The molecule has 1 unspecified atom stereocenters. The fourth-order valence-electron chi connectivity index (χ4n) is 4.99. The molecule has 0 aliphatic carbocycles. The third kappa shape index (κ3) is 4.06. The SMILES string of the molecule is O=C1CCC(N2Cc3c(CNCc4ccc5c(c4)CCNCC5)cccc3C2=O)C(=O)N1. The molecule has 3 amide bonds. The molecule has 0 radical (unpaired) electrons. The van der Waals surface area contributed by atoms with Crippen LogP contribution in [0.3, 0.4) is 0 Å². The van der Waals surface area contributed by atoms with E-state index >= 15 is 0 Å². The van der Waals surface area contributed by atoms with Gasteiger partial charge < -0.3 is 15.5 Å². The molecule has 0 spiro atoms. The van der Waals surface area contributed by atoms with Crippen LogP contribution in [0.25, 0.3) is 0 Å². The van der Waals surface area contributed by atoms with E-state index in [2.05, 4.69) is 34.1 Å². The Morgan fingerprint density at radius 2 is 1.81 bits per heavy atom. The van der Waals surface area contributed by atoms with Crippen LogP contribution in [-0.4, -0.2) is 41.8 Å². The van der Waals surface area contributed by atoms with E-state index in [0.717, 1.165) is 43.6 Å². The molecule has 1 saturated heterocycles. The lowest BCUT2D eigenvalue weighted by Crippen LogP contribution is -2.52. The first-order valence-electron chi connectivity index (χ1n) is 11.4. The van der Waals surface area contributed by atoms with Crippen LogP contribution in [0.15, 0.2) is 36.4 Å². The van der Waals surface area contributed by atoms with Gasteiger partial charge in [0, 0.05) is 31.6 Å². The van der Waals surface area contributed by atoms with Gasteiger partial charge in [0.15, 0.2) is 0 Å². The topological polar surface area (TPSA) is 90.5 Å². The normalized spacial score (nSPS) is 20.6. The van der Waals surface area contributed by atoms with E-state index < -0.39 is 6.04 Å². The van der Waals surface area contributed by atoms with E-state index in [1.165, 1.54) is 16.7 Å². The summed E-state index contributed by atoms with van der Waals surface area (Å²) in [6, 6.07) is 11.9. The van der Waals surface area contributed by atoms with E-state index in [1.807, 2.05) is 18.2 Å². The summed E-state index contributed by atoms with van der Waals surface area (Å²) < 4.78 is 0. The number of nitrogens with zero attached hydrogens (tertiary/aromatic N) is 1. The molecule has 0 saturated carbocycles. The molecular formula is C25H28N4O3. The third-order valence-electron chi connectivity index (χ3n) is 6.74. The Morgan fingerprint density at radius 3 is 2.66 bits per heavy atom. The molecule has 3 heterocycles. The van der Waals surface area contributed by atoms with Crippen LogP contribution in [-0.2, 0) is 42.1 Å². The summed E-state index contributed by atoms with van der Waals surface area (Å²) in [6.07, 6.45) is 2.79. The maximum atomic E-state index is 13.0. The van der Waals surface area contributed by atoms with Crippen LogP contribution in [0, 0.1) is 0 Å². The van der Waals surface area contributed by atoms with E-state index in [0.29, 0.717) is 25.1 Å². The molecule has 3 aliphatic rings. The summed E-state index contributed by atoms with van der Waals surface area (Å²) in [7, 11) is 0. The number of carbonyl (C=O) groups is 3. The minimum atomic E-state index is -0.581. The van der Waals surface area contributed by atoms with Crippen molar-refractivity contribution in [2.24, 2.45) is 0 Å². The zero-order valence-electron chi connectivity index (χ0n) is 18.1. The maximum Gasteiger partial charge on any atom is 0.255 e. The molecule has 7 nitrogen and oxygen atoms in total. The van der Waals surface area contributed by atoms with Gasteiger partial charge in [-0.25, -0.2) is 0 Å². The highest BCUT2D eigenvalue weighted by Gasteiger charge is 2.39. The number of fused-ring (bicyclic) bond motifs is 2. The molecule has 1 fully saturated rings. The number of nitrogens with one attached hydrogen (secondary N) is 3. The molecule has 3 aliphatic heterocycles. The Bertz CT molecular complexity index is 1080. The van der Waals surface area contributed by atoms with Crippen molar-refractivity contribution in [3.63, 3.8) is 0 Å². The average molecular weight is 433 g/mol. The molecule has 32 heavy (non-hydrogen) atoms. The van der Waals surface area contributed by atoms with Crippen LogP contribution >= 0.6 is 0 Å². The quantitative estimate of drug-likeness (QED) is 0.622. The summed E-state index contributed by atoms with van der Waals surface area (Å²) in [5.74, 6) is -0.773. The van der Waals surface area contributed by atoms with Crippen molar-refractivity contribution in [3.05, 3.63) is 69.8 Å². The maximum absolute atomic E-state index is 13.0. The van der Waals surface area contributed by atoms with Gasteiger partial charge in [-0.3, -0.25) is 19.7 Å². The monoisotopic (exact) mass is 432 g/mol. The minimum absolute atomic E-state index is 0.129. The van der Waals surface area contributed by atoms with Crippen LogP contribution in [0.5, 0.6) is 0 Å². The van der Waals surface area contributed by atoms with E-state index in [1.54, 1.807) is 4.90 Å².